The molecule has 2 rings (SSSR count). The molecule has 22 heavy (non-hydrogen) atoms. The second kappa shape index (κ2) is 8.10. The molecule has 2 aromatic carbocycles. The number of carbonyl (C=O) groups excluding carboxylic acids is 2. The zero-order valence-electron chi connectivity index (χ0n) is 12.5. The van der Waals surface area contributed by atoms with E-state index in [2.05, 4.69) is 10.9 Å². The van der Waals surface area contributed by atoms with E-state index < -0.39 is 0 Å². The fourth-order valence-corrected chi connectivity index (χ4v) is 2.17. The van der Waals surface area contributed by atoms with Crippen molar-refractivity contribution in [3.05, 3.63) is 71.8 Å². The van der Waals surface area contributed by atoms with Crippen LogP contribution in [0.25, 0.3) is 0 Å². The predicted molar refractivity (Wildman–Crippen MR) is 85.9 cm³/mol. The number of nitrogens with one attached hydrogen (secondary N) is 2. The first-order valence-electron chi connectivity index (χ1n) is 7.31. The molecule has 4 heteroatoms. The van der Waals surface area contributed by atoms with Gasteiger partial charge in [0.05, 0.1) is 6.04 Å². The number of hydrogen-bond donors (Lipinski definition) is 2. The van der Waals surface area contributed by atoms with Crippen LogP contribution < -0.4 is 10.9 Å². The predicted octanol–water partition coefficient (Wildman–Crippen LogP) is 2.62. The lowest BCUT2D eigenvalue weighted by molar-refractivity contribution is -0.127. The highest BCUT2D eigenvalue weighted by Crippen LogP contribution is 2.20. The minimum absolute atomic E-state index is 0.144. The van der Waals surface area contributed by atoms with E-state index in [1.807, 2.05) is 60.7 Å². The van der Waals surface area contributed by atoms with Crippen molar-refractivity contribution in [2.24, 2.45) is 5.92 Å². The van der Waals surface area contributed by atoms with Gasteiger partial charge in [0.15, 0.2) is 0 Å². The van der Waals surface area contributed by atoms with Crippen molar-refractivity contribution in [3.8, 4) is 0 Å². The summed E-state index contributed by atoms with van der Waals surface area (Å²) in [7, 11) is 0. The van der Waals surface area contributed by atoms with Gasteiger partial charge in [-0.2, -0.15) is 0 Å². The highest BCUT2D eigenvalue weighted by Gasteiger charge is 2.17. The Labute approximate surface area is 130 Å². The fourth-order valence-electron chi connectivity index (χ4n) is 2.17. The molecule has 0 aliphatic carbocycles. The van der Waals surface area contributed by atoms with Crippen molar-refractivity contribution >= 4 is 12.2 Å². The van der Waals surface area contributed by atoms with Gasteiger partial charge in [0.2, 0.25) is 5.91 Å². The van der Waals surface area contributed by atoms with Crippen molar-refractivity contribution in [3.63, 3.8) is 0 Å². The molecular weight excluding hydrogens is 276 g/mol. The number of amides is 1. The van der Waals surface area contributed by atoms with Gasteiger partial charge in [0, 0.05) is 12.3 Å². The number of benzene rings is 2. The van der Waals surface area contributed by atoms with Gasteiger partial charge in [-0.25, -0.2) is 5.43 Å². The molecule has 0 radical (unpaired) electrons. The molecule has 2 aromatic rings. The second-order valence-corrected chi connectivity index (χ2v) is 5.19. The van der Waals surface area contributed by atoms with Gasteiger partial charge < -0.3 is 4.79 Å². The number of hydrogen-bond acceptors (Lipinski definition) is 3. The molecule has 1 atom stereocenters. The van der Waals surface area contributed by atoms with Gasteiger partial charge in [-0.1, -0.05) is 67.6 Å². The summed E-state index contributed by atoms with van der Waals surface area (Å²) in [5.74, 6) is -0.541. The van der Waals surface area contributed by atoms with Crippen LogP contribution >= 0.6 is 0 Å². The lowest BCUT2D eigenvalue weighted by Crippen LogP contribution is -2.43. The van der Waals surface area contributed by atoms with Crippen LogP contribution in [-0.2, 0) is 9.59 Å². The van der Waals surface area contributed by atoms with Crippen LogP contribution in [0.5, 0.6) is 0 Å². The zero-order chi connectivity index (χ0) is 15.8. The van der Waals surface area contributed by atoms with Crippen LogP contribution in [0.2, 0.25) is 0 Å². The largest absolute Gasteiger partial charge is 0.303 e. The lowest BCUT2D eigenvalue weighted by Gasteiger charge is -2.21. The maximum Gasteiger partial charge on any atom is 0.237 e. The van der Waals surface area contributed by atoms with E-state index >= 15 is 0 Å². The van der Waals surface area contributed by atoms with Crippen molar-refractivity contribution < 1.29 is 9.59 Å². The maximum absolute atomic E-state index is 12.0. The van der Waals surface area contributed by atoms with E-state index in [1.165, 1.54) is 0 Å². The summed E-state index contributed by atoms with van der Waals surface area (Å²) >= 11 is 0. The minimum atomic E-state index is -0.350. The second-order valence-electron chi connectivity index (χ2n) is 5.19. The van der Waals surface area contributed by atoms with Crippen LogP contribution in [0.1, 0.15) is 30.5 Å². The topological polar surface area (TPSA) is 58.2 Å². The SMILES string of the molecule is CC(CC=O)C(=O)NNC(c1ccccc1)c1ccccc1. The Morgan fingerprint density at radius 2 is 1.50 bits per heavy atom. The van der Waals surface area contributed by atoms with Gasteiger partial charge in [0.25, 0.3) is 0 Å². The molecule has 114 valence electrons. The van der Waals surface area contributed by atoms with Gasteiger partial charge in [-0.3, -0.25) is 10.2 Å². The molecule has 0 aliphatic rings. The smallest absolute Gasteiger partial charge is 0.237 e. The van der Waals surface area contributed by atoms with Crippen LogP contribution in [0.4, 0.5) is 0 Å². The number of rotatable bonds is 7. The number of hydrazine groups is 1. The Balaban J connectivity index is 2.13. The third-order valence-electron chi connectivity index (χ3n) is 3.50. The summed E-state index contributed by atoms with van der Waals surface area (Å²) in [5.41, 5.74) is 7.90. The Hall–Kier alpha value is -2.46. The average Bonchev–Trinajstić information content (AvgIpc) is 2.57. The maximum atomic E-state index is 12.0. The zero-order valence-corrected chi connectivity index (χ0v) is 12.5. The normalized spacial score (nSPS) is 11.9. The van der Waals surface area contributed by atoms with E-state index in [1.54, 1.807) is 6.92 Å². The molecule has 0 aliphatic heterocycles. The molecule has 0 aromatic heterocycles. The Kier molecular flexibility index (Phi) is 5.86. The molecule has 1 unspecified atom stereocenters. The lowest BCUT2D eigenvalue weighted by atomic mass is 9.99. The summed E-state index contributed by atoms with van der Waals surface area (Å²) in [6.45, 7) is 1.73. The molecule has 4 nitrogen and oxygen atoms in total. The summed E-state index contributed by atoms with van der Waals surface area (Å²) < 4.78 is 0. The van der Waals surface area contributed by atoms with E-state index in [9.17, 15) is 9.59 Å². The quantitative estimate of drug-likeness (QED) is 0.610. The van der Waals surface area contributed by atoms with E-state index in [0.29, 0.717) is 0 Å². The molecule has 0 bridgehead atoms. The molecular formula is C18H20N2O2. The van der Waals surface area contributed by atoms with Crippen molar-refractivity contribution in [2.75, 3.05) is 0 Å². The summed E-state index contributed by atoms with van der Waals surface area (Å²) in [6.07, 6.45) is 0.977. The monoisotopic (exact) mass is 296 g/mol. The summed E-state index contributed by atoms with van der Waals surface area (Å²) in [6, 6.07) is 19.6. The molecule has 0 spiro atoms. The van der Waals surface area contributed by atoms with Gasteiger partial charge in [-0.15, -0.1) is 0 Å². The number of aldehydes is 1. The van der Waals surface area contributed by atoms with Crippen molar-refractivity contribution in [2.45, 2.75) is 19.4 Å². The average molecular weight is 296 g/mol. The minimum Gasteiger partial charge on any atom is -0.303 e. The Morgan fingerprint density at radius 3 is 1.95 bits per heavy atom. The first-order chi connectivity index (χ1) is 10.7. The van der Waals surface area contributed by atoms with Gasteiger partial charge in [0.1, 0.15) is 6.29 Å². The highest BCUT2D eigenvalue weighted by atomic mass is 16.2. The Bertz CT molecular complexity index is 559. The third kappa shape index (κ3) is 4.27. The van der Waals surface area contributed by atoms with Crippen LogP contribution in [0.3, 0.4) is 0 Å². The molecule has 0 saturated heterocycles. The van der Waals surface area contributed by atoms with Crippen molar-refractivity contribution in [1.82, 2.24) is 10.9 Å². The van der Waals surface area contributed by atoms with E-state index in [0.717, 1.165) is 17.4 Å². The van der Waals surface area contributed by atoms with Crippen molar-refractivity contribution in [1.29, 1.82) is 0 Å². The first-order valence-corrected chi connectivity index (χ1v) is 7.31. The molecule has 0 saturated carbocycles. The summed E-state index contributed by atoms with van der Waals surface area (Å²) in [5, 5.41) is 0. The fraction of sp³-hybridized carbons (Fsp3) is 0.222. The van der Waals surface area contributed by atoms with Gasteiger partial charge in [-0.05, 0) is 11.1 Å². The molecule has 1 amide bonds. The standard InChI is InChI=1S/C18H20N2O2/c1-14(12-13-21)18(22)20-19-17(15-8-4-2-5-9-15)16-10-6-3-7-11-16/h2-11,13-14,17,19H,12H2,1H3,(H,20,22). The van der Waals surface area contributed by atoms with Crippen LogP contribution in [-0.4, -0.2) is 12.2 Å². The highest BCUT2D eigenvalue weighted by molar-refractivity contribution is 5.80. The molecule has 2 N–H and O–H groups in total. The summed E-state index contributed by atoms with van der Waals surface area (Å²) in [4.78, 5) is 22.5. The first kappa shape index (κ1) is 15.9. The van der Waals surface area contributed by atoms with E-state index in [4.69, 9.17) is 0 Å². The van der Waals surface area contributed by atoms with Crippen LogP contribution in [0.15, 0.2) is 60.7 Å². The number of carbonyl (C=O) groups is 2. The third-order valence-corrected chi connectivity index (χ3v) is 3.50. The van der Waals surface area contributed by atoms with Gasteiger partial charge >= 0.3 is 0 Å². The Morgan fingerprint density at radius 1 is 1.00 bits per heavy atom. The molecule has 0 heterocycles. The van der Waals surface area contributed by atoms with E-state index in [-0.39, 0.29) is 24.3 Å². The molecule has 0 fully saturated rings. The van der Waals surface area contributed by atoms with Crippen LogP contribution in [0, 0.1) is 5.92 Å².